The molecular formula is C14H22N4O3. The van der Waals surface area contributed by atoms with E-state index in [1.807, 2.05) is 27.7 Å². The Bertz CT molecular complexity index is 527. The summed E-state index contributed by atoms with van der Waals surface area (Å²) in [6.45, 7) is 8.22. The molecule has 1 aliphatic rings. The molecule has 21 heavy (non-hydrogen) atoms. The first kappa shape index (κ1) is 15.3. The monoisotopic (exact) mass is 294 g/mol. The van der Waals surface area contributed by atoms with Crippen molar-refractivity contribution in [3.8, 4) is 0 Å². The van der Waals surface area contributed by atoms with E-state index in [2.05, 4.69) is 15.5 Å². The van der Waals surface area contributed by atoms with Crippen LogP contribution in [-0.2, 0) is 16.0 Å². The maximum Gasteiger partial charge on any atom is 0.410 e. The van der Waals surface area contributed by atoms with E-state index in [4.69, 9.17) is 4.74 Å². The summed E-state index contributed by atoms with van der Waals surface area (Å²) >= 11 is 0. The highest BCUT2D eigenvalue weighted by atomic mass is 16.6. The third kappa shape index (κ3) is 3.74. The van der Waals surface area contributed by atoms with Crippen molar-refractivity contribution < 1.29 is 14.3 Å². The Balaban J connectivity index is 1.82. The third-order valence-electron chi connectivity index (χ3n) is 3.25. The second kappa shape index (κ2) is 5.75. The van der Waals surface area contributed by atoms with Crippen LogP contribution in [0.25, 0.3) is 0 Å². The van der Waals surface area contributed by atoms with Crippen molar-refractivity contribution in [3.05, 3.63) is 11.8 Å². The number of carbonyl (C=O) groups is 2. The SMILES string of the molecule is CCc1cn[nH]c1NC(=O)C1CN(C(=O)OC(C)(C)C)C1. The topological polar surface area (TPSA) is 87.3 Å². The van der Waals surface area contributed by atoms with E-state index in [-0.39, 0.29) is 17.9 Å². The van der Waals surface area contributed by atoms with Gasteiger partial charge in [0.2, 0.25) is 5.91 Å². The molecule has 0 unspecified atom stereocenters. The smallest absolute Gasteiger partial charge is 0.410 e. The van der Waals surface area contributed by atoms with Crippen molar-refractivity contribution in [3.63, 3.8) is 0 Å². The van der Waals surface area contributed by atoms with Gasteiger partial charge in [0.1, 0.15) is 11.4 Å². The minimum absolute atomic E-state index is 0.103. The summed E-state index contributed by atoms with van der Waals surface area (Å²) in [7, 11) is 0. The molecule has 116 valence electrons. The number of hydrogen-bond acceptors (Lipinski definition) is 4. The molecule has 1 aromatic heterocycles. The average molecular weight is 294 g/mol. The molecule has 0 saturated carbocycles. The summed E-state index contributed by atoms with van der Waals surface area (Å²) in [5, 5.41) is 9.49. The van der Waals surface area contributed by atoms with Crippen LogP contribution in [0.15, 0.2) is 6.20 Å². The molecule has 1 fully saturated rings. The highest BCUT2D eigenvalue weighted by molar-refractivity contribution is 5.94. The fourth-order valence-corrected chi connectivity index (χ4v) is 2.03. The number of carbonyl (C=O) groups excluding carboxylic acids is 2. The highest BCUT2D eigenvalue weighted by Crippen LogP contribution is 2.21. The van der Waals surface area contributed by atoms with Crippen molar-refractivity contribution in [2.75, 3.05) is 18.4 Å². The van der Waals surface area contributed by atoms with E-state index in [9.17, 15) is 9.59 Å². The molecule has 0 aromatic carbocycles. The van der Waals surface area contributed by atoms with Crippen LogP contribution in [0.5, 0.6) is 0 Å². The quantitative estimate of drug-likeness (QED) is 0.889. The zero-order chi connectivity index (χ0) is 15.6. The molecule has 2 rings (SSSR count). The van der Waals surface area contributed by atoms with Gasteiger partial charge in [-0.15, -0.1) is 0 Å². The first-order chi connectivity index (χ1) is 9.80. The third-order valence-corrected chi connectivity index (χ3v) is 3.25. The van der Waals surface area contributed by atoms with Crippen LogP contribution in [0.4, 0.5) is 10.6 Å². The van der Waals surface area contributed by atoms with Gasteiger partial charge in [0.05, 0.1) is 12.1 Å². The van der Waals surface area contributed by atoms with Gasteiger partial charge in [0, 0.05) is 18.7 Å². The number of rotatable bonds is 3. The molecule has 0 radical (unpaired) electrons. The highest BCUT2D eigenvalue weighted by Gasteiger charge is 2.38. The lowest BCUT2D eigenvalue weighted by Crippen LogP contribution is -2.55. The molecule has 7 heteroatoms. The first-order valence-corrected chi connectivity index (χ1v) is 7.11. The number of likely N-dealkylation sites (tertiary alicyclic amines) is 1. The molecule has 2 heterocycles. The predicted octanol–water partition coefficient (Wildman–Crippen LogP) is 1.78. The molecule has 0 atom stereocenters. The van der Waals surface area contributed by atoms with Crippen LogP contribution in [0.1, 0.15) is 33.3 Å². The molecule has 1 aromatic rings. The zero-order valence-corrected chi connectivity index (χ0v) is 12.9. The number of amides is 2. The normalized spacial score (nSPS) is 15.5. The number of ether oxygens (including phenoxy) is 1. The van der Waals surface area contributed by atoms with Crippen molar-refractivity contribution in [2.45, 2.75) is 39.7 Å². The van der Waals surface area contributed by atoms with E-state index in [1.54, 1.807) is 6.20 Å². The molecule has 0 aliphatic carbocycles. The molecule has 1 saturated heterocycles. The molecule has 2 N–H and O–H groups in total. The zero-order valence-electron chi connectivity index (χ0n) is 12.9. The summed E-state index contributed by atoms with van der Waals surface area (Å²) in [4.78, 5) is 25.4. The molecule has 2 amide bonds. The van der Waals surface area contributed by atoms with Crippen LogP contribution in [0, 0.1) is 5.92 Å². The number of aromatic nitrogens is 2. The van der Waals surface area contributed by atoms with E-state index < -0.39 is 5.60 Å². The average Bonchev–Trinajstić information content (AvgIpc) is 2.71. The van der Waals surface area contributed by atoms with Crippen molar-refractivity contribution >= 4 is 17.8 Å². The van der Waals surface area contributed by atoms with Crippen LogP contribution in [0.3, 0.4) is 0 Å². The summed E-state index contributed by atoms with van der Waals surface area (Å²) in [6.07, 6.45) is 2.12. The standard InChI is InChI=1S/C14H22N4O3/c1-5-9-6-15-17-11(9)16-12(19)10-7-18(8-10)13(20)21-14(2,3)4/h6,10H,5,7-8H2,1-4H3,(H2,15,16,17,19). The second-order valence-electron chi connectivity index (χ2n) is 6.20. The Morgan fingerprint density at radius 1 is 1.48 bits per heavy atom. The molecular weight excluding hydrogens is 272 g/mol. The number of nitrogens with one attached hydrogen (secondary N) is 2. The van der Waals surface area contributed by atoms with Crippen molar-refractivity contribution in [1.82, 2.24) is 15.1 Å². The van der Waals surface area contributed by atoms with Gasteiger partial charge in [-0.05, 0) is 27.2 Å². The van der Waals surface area contributed by atoms with Crippen LogP contribution < -0.4 is 5.32 Å². The summed E-state index contributed by atoms with van der Waals surface area (Å²) in [5.41, 5.74) is 0.447. The van der Waals surface area contributed by atoms with E-state index in [0.717, 1.165) is 12.0 Å². The van der Waals surface area contributed by atoms with Crippen molar-refractivity contribution in [2.24, 2.45) is 5.92 Å². The Kier molecular flexibility index (Phi) is 4.20. The van der Waals surface area contributed by atoms with E-state index in [0.29, 0.717) is 18.9 Å². The molecule has 7 nitrogen and oxygen atoms in total. The summed E-state index contributed by atoms with van der Waals surface area (Å²) in [5.74, 6) is 0.331. The van der Waals surface area contributed by atoms with Crippen LogP contribution in [-0.4, -0.2) is 45.8 Å². The van der Waals surface area contributed by atoms with Gasteiger partial charge in [-0.3, -0.25) is 9.89 Å². The second-order valence-corrected chi connectivity index (χ2v) is 6.20. The minimum atomic E-state index is -0.517. The first-order valence-electron chi connectivity index (χ1n) is 7.11. The Hall–Kier alpha value is -2.05. The Labute approximate surface area is 124 Å². The largest absolute Gasteiger partial charge is 0.444 e. The lowest BCUT2D eigenvalue weighted by molar-refractivity contribution is -0.124. The van der Waals surface area contributed by atoms with Gasteiger partial charge < -0.3 is 15.0 Å². The fourth-order valence-electron chi connectivity index (χ4n) is 2.03. The van der Waals surface area contributed by atoms with E-state index in [1.165, 1.54) is 4.90 Å². The number of aryl methyl sites for hydroxylation is 1. The van der Waals surface area contributed by atoms with Gasteiger partial charge in [0.25, 0.3) is 0 Å². The Morgan fingerprint density at radius 3 is 2.71 bits per heavy atom. The predicted molar refractivity (Wildman–Crippen MR) is 77.9 cm³/mol. The van der Waals surface area contributed by atoms with Crippen molar-refractivity contribution in [1.29, 1.82) is 0 Å². The Morgan fingerprint density at radius 2 is 2.14 bits per heavy atom. The van der Waals surface area contributed by atoms with Gasteiger partial charge in [-0.25, -0.2) is 4.79 Å². The van der Waals surface area contributed by atoms with Gasteiger partial charge in [0.15, 0.2) is 0 Å². The van der Waals surface area contributed by atoms with Gasteiger partial charge >= 0.3 is 6.09 Å². The minimum Gasteiger partial charge on any atom is -0.444 e. The number of nitrogens with zero attached hydrogens (tertiary/aromatic N) is 2. The van der Waals surface area contributed by atoms with E-state index >= 15 is 0 Å². The van der Waals surface area contributed by atoms with Crippen LogP contribution in [0.2, 0.25) is 0 Å². The fraction of sp³-hybridized carbons (Fsp3) is 0.643. The van der Waals surface area contributed by atoms with Crippen LogP contribution >= 0.6 is 0 Å². The lowest BCUT2D eigenvalue weighted by Gasteiger charge is -2.38. The maximum absolute atomic E-state index is 12.1. The summed E-state index contributed by atoms with van der Waals surface area (Å²) < 4.78 is 5.25. The number of aromatic amines is 1. The maximum atomic E-state index is 12.1. The van der Waals surface area contributed by atoms with Gasteiger partial charge in [-0.2, -0.15) is 5.10 Å². The number of anilines is 1. The molecule has 1 aliphatic heterocycles. The molecule has 0 spiro atoms. The molecule has 0 bridgehead atoms. The van der Waals surface area contributed by atoms with Gasteiger partial charge in [-0.1, -0.05) is 6.92 Å². The number of H-pyrrole nitrogens is 1. The lowest BCUT2D eigenvalue weighted by atomic mass is 10.00. The number of hydrogen-bond donors (Lipinski definition) is 2. The summed E-state index contributed by atoms with van der Waals surface area (Å²) in [6, 6.07) is 0.